The van der Waals surface area contributed by atoms with Crippen LogP contribution in [0.3, 0.4) is 0 Å². The Morgan fingerprint density at radius 3 is 2.05 bits per heavy atom. The Morgan fingerprint density at radius 1 is 0.857 bits per heavy atom. The summed E-state index contributed by atoms with van der Waals surface area (Å²) in [5.74, 6) is 0.208. The van der Waals surface area contributed by atoms with E-state index in [0.29, 0.717) is 11.5 Å². The fourth-order valence-corrected chi connectivity index (χ4v) is 2.60. The predicted octanol–water partition coefficient (Wildman–Crippen LogP) is 6.26. The van der Waals surface area contributed by atoms with Gasteiger partial charge in [-0.3, -0.25) is 0 Å². The molecule has 0 aromatic heterocycles. The Morgan fingerprint density at radius 2 is 1.43 bits per heavy atom. The first kappa shape index (κ1) is 15.8. The first-order chi connectivity index (χ1) is 9.70. The minimum absolute atomic E-state index is 0.142. The van der Waals surface area contributed by atoms with Gasteiger partial charge >= 0.3 is 0 Å². The third-order valence-electron chi connectivity index (χ3n) is 4.38. The van der Waals surface area contributed by atoms with Gasteiger partial charge in [0, 0.05) is 5.56 Å². The largest absolute Gasteiger partial charge is 0.206 e. The van der Waals surface area contributed by atoms with Crippen molar-refractivity contribution in [2.24, 2.45) is 5.41 Å². The smallest absolute Gasteiger partial charge is 0.131 e. The van der Waals surface area contributed by atoms with E-state index in [0.717, 1.165) is 11.1 Å². The summed E-state index contributed by atoms with van der Waals surface area (Å²) < 4.78 is 14.3. The van der Waals surface area contributed by atoms with Crippen molar-refractivity contribution in [3.63, 3.8) is 0 Å². The van der Waals surface area contributed by atoms with E-state index in [1.165, 1.54) is 11.1 Å². The summed E-state index contributed by atoms with van der Waals surface area (Å²) in [7, 11) is 0. The molecule has 0 N–H and O–H groups in total. The van der Waals surface area contributed by atoms with E-state index in [2.05, 4.69) is 52.8 Å². The van der Waals surface area contributed by atoms with Crippen LogP contribution < -0.4 is 0 Å². The van der Waals surface area contributed by atoms with Gasteiger partial charge < -0.3 is 0 Å². The molecule has 1 atom stereocenters. The molecule has 1 heteroatoms. The maximum Gasteiger partial charge on any atom is 0.131 e. The normalized spacial score (nSPS) is 13.3. The molecule has 21 heavy (non-hydrogen) atoms. The van der Waals surface area contributed by atoms with Crippen molar-refractivity contribution in [3.8, 4) is 11.1 Å². The highest BCUT2D eigenvalue weighted by Gasteiger charge is 2.25. The third-order valence-corrected chi connectivity index (χ3v) is 4.38. The first-order valence-electron chi connectivity index (χ1n) is 7.57. The quantitative estimate of drug-likeness (QED) is 0.610. The molecular formula is C20H25F. The van der Waals surface area contributed by atoms with Crippen LogP contribution in [-0.4, -0.2) is 0 Å². The lowest BCUT2D eigenvalue weighted by molar-refractivity contribution is 0.340. The number of rotatable bonds is 2. The van der Waals surface area contributed by atoms with Crippen LogP contribution in [0.4, 0.5) is 4.39 Å². The maximum absolute atomic E-state index is 14.3. The molecule has 112 valence electrons. The van der Waals surface area contributed by atoms with E-state index in [4.69, 9.17) is 0 Å². The van der Waals surface area contributed by atoms with E-state index in [-0.39, 0.29) is 11.2 Å². The second-order valence-corrected chi connectivity index (χ2v) is 7.16. The number of hydrogen-bond donors (Lipinski definition) is 0. The van der Waals surface area contributed by atoms with Gasteiger partial charge in [0.15, 0.2) is 0 Å². The summed E-state index contributed by atoms with van der Waals surface area (Å²) >= 11 is 0. The molecule has 0 radical (unpaired) electrons. The Balaban J connectivity index is 2.67. The molecule has 0 aliphatic rings. The summed E-state index contributed by atoms with van der Waals surface area (Å²) in [6, 6.07) is 11.7. The second-order valence-electron chi connectivity index (χ2n) is 7.16. The van der Waals surface area contributed by atoms with Gasteiger partial charge in [0.1, 0.15) is 5.82 Å². The van der Waals surface area contributed by atoms with Crippen molar-refractivity contribution in [2.75, 3.05) is 0 Å². The van der Waals surface area contributed by atoms with Crippen LogP contribution in [0.2, 0.25) is 0 Å². The van der Waals surface area contributed by atoms with Crippen molar-refractivity contribution >= 4 is 0 Å². The van der Waals surface area contributed by atoms with Gasteiger partial charge in [-0.1, -0.05) is 63.1 Å². The van der Waals surface area contributed by atoms with Crippen LogP contribution in [-0.2, 0) is 0 Å². The van der Waals surface area contributed by atoms with Gasteiger partial charge in [-0.15, -0.1) is 0 Å². The second kappa shape index (κ2) is 5.63. The average molecular weight is 284 g/mol. The number of halogens is 1. The summed E-state index contributed by atoms with van der Waals surface area (Å²) in [4.78, 5) is 0. The topological polar surface area (TPSA) is 0 Å². The zero-order valence-corrected chi connectivity index (χ0v) is 13.9. The minimum Gasteiger partial charge on any atom is -0.206 e. The van der Waals surface area contributed by atoms with E-state index >= 15 is 0 Å². The highest BCUT2D eigenvalue weighted by Crippen LogP contribution is 2.40. The van der Waals surface area contributed by atoms with Gasteiger partial charge in [0.05, 0.1) is 0 Å². The number of aryl methyl sites for hydroxylation is 2. The molecule has 0 spiro atoms. The summed E-state index contributed by atoms with van der Waals surface area (Å²) in [5, 5.41) is 0. The monoisotopic (exact) mass is 284 g/mol. The van der Waals surface area contributed by atoms with Crippen LogP contribution >= 0.6 is 0 Å². The van der Waals surface area contributed by atoms with Crippen molar-refractivity contribution in [3.05, 3.63) is 58.9 Å². The van der Waals surface area contributed by atoms with Crippen LogP contribution in [0.15, 0.2) is 36.4 Å². The van der Waals surface area contributed by atoms with E-state index in [9.17, 15) is 4.39 Å². The number of benzene rings is 2. The molecule has 2 aromatic carbocycles. The molecule has 0 unspecified atom stereocenters. The SMILES string of the molecule is Cc1ccc(F)c(-c2ccc(C)cc2[C@H](C)C(C)(C)C)c1. The predicted molar refractivity (Wildman–Crippen MR) is 89.2 cm³/mol. The fourth-order valence-electron chi connectivity index (χ4n) is 2.60. The van der Waals surface area contributed by atoms with E-state index < -0.39 is 0 Å². The molecule has 0 saturated carbocycles. The molecule has 0 amide bonds. The van der Waals surface area contributed by atoms with Gasteiger partial charge in [-0.2, -0.15) is 0 Å². The lowest BCUT2D eigenvalue weighted by Gasteiger charge is -2.30. The lowest BCUT2D eigenvalue weighted by Crippen LogP contribution is -2.16. The molecule has 0 aliphatic carbocycles. The van der Waals surface area contributed by atoms with Gasteiger partial charge in [0.25, 0.3) is 0 Å². The molecule has 0 nitrogen and oxygen atoms in total. The lowest BCUT2D eigenvalue weighted by atomic mass is 9.75. The Labute approximate surface area is 128 Å². The van der Waals surface area contributed by atoms with Crippen molar-refractivity contribution in [2.45, 2.75) is 47.5 Å². The van der Waals surface area contributed by atoms with Crippen molar-refractivity contribution in [1.29, 1.82) is 0 Å². The maximum atomic E-state index is 14.3. The standard InChI is InChI=1S/C20H25F/c1-13-7-9-16(17(11-13)15(3)20(4,5)6)18-12-14(2)8-10-19(18)21/h7-12,15H,1-6H3/t15-/m0/s1. The molecule has 0 aliphatic heterocycles. The molecular weight excluding hydrogens is 259 g/mol. The molecule has 0 saturated heterocycles. The summed E-state index contributed by atoms with van der Waals surface area (Å²) in [6.45, 7) is 13.0. The highest BCUT2D eigenvalue weighted by molar-refractivity contribution is 5.70. The van der Waals surface area contributed by atoms with Crippen molar-refractivity contribution in [1.82, 2.24) is 0 Å². The van der Waals surface area contributed by atoms with Crippen LogP contribution in [0.25, 0.3) is 11.1 Å². The number of hydrogen-bond acceptors (Lipinski definition) is 0. The summed E-state index contributed by atoms with van der Waals surface area (Å²) in [6.07, 6.45) is 0. The van der Waals surface area contributed by atoms with Crippen LogP contribution in [0.5, 0.6) is 0 Å². The Kier molecular flexibility index (Phi) is 4.22. The van der Waals surface area contributed by atoms with Crippen LogP contribution in [0, 0.1) is 25.1 Å². The molecule has 0 bridgehead atoms. The molecule has 0 fully saturated rings. The molecule has 2 rings (SSSR count). The van der Waals surface area contributed by atoms with E-state index in [1.807, 2.05) is 19.1 Å². The molecule has 2 aromatic rings. The summed E-state index contributed by atoms with van der Waals surface area (Å²) in [5.41, 5.74) is 5.40. The third kappa shape index (κ3) is 3.34. The minimum atomic E-state index is -0.146. The van der Waals surface area contributed by atoms with Gasteiger partial charge in [0.2, 0.25) is 0 Å². The van der Waals surface area contributed by atoms with Gasteiger partial charge in [-0.25, -0.2) is 4.39 Å². The average Bonchev–Trinajstić information content (AvgIpc) is 2.40. The highest BCUT2D eigenvalue weighted by atomic mass is 19.1. The van der Waals surface area contributed by atoms with E-state index in [1.54, 1.807) is 6.07 Å². The fraction of sp³-hybridized carbons (Fsp3) is 0.400. The Hall–Kier alpha value is -1.63. The van der Waals surface area contributed by atoms with Gasteiger partial charge in [-0.05, 0) is 48.4 Å². The van der Waals surface area contributed by atoms with Crippen LogP contribution in [0.1, 0.15) is 50.3 Å². The molecule has 0 heterocycles. The first-order valence-corrected chi connectivity index (χ1v) is 7.57. The zero-order valence-electron chi connectivity index (χ0n) is 13.9. The zero-order chi connectivity index (χ0) is 15.8. The Bertz CT molecular complexity index is 647. The van der Waals surface area contributed by atoms with Crippen molar-refractivity contribution < 1.29 is 4.39 Å².